The summed E-state index contributed by atoms with van der Waals surface area (Å²) in [4.78, 5) is 14.4. The fourth-order valence-corrected chi connectivity index (χ4v) is 2.57. The van der Waals surface area contributed by atoms with Crippen LogP contribution in [0.25, 0.3) is 0 Å². The maximum absolute atomic E-state index is 13.4. The summed E-state index contributed by atoms with van der Waals surface area (Å²) >= 11 is 3.32. The fourth-order valence-electron chi connectivity index (χ4n) is 2.16. The molecule has 0 fully saturated rings. The van der Waals surface area contributed by atoms with Crippen molar-refractivity contribution in [3.63, 3.8) is 0 Å². The van der Waals surface area contributed by atoms with E-state index >= 15 is 0 Å². The first kappa shape index (κ1) is 15.7. The van der Waals surface area contributed by atoms with Gasteiger partial charge in [0.1, 0.15) is 5.82 Å². The van der Waals surface area contributed by atoms with Crippen LogP contribution in [0.3, 0.4) is 0 Å². The molecule has 0 N–H and O–H groups in total. The second kappa shape index (κ2) is 7.36. The molecule has 4 heteroatoms. The number of nitrogens with zero attached hydrogens (tertiary/aromatic N) is 1. The third kappa shape index (κ3) is 4.14. The number of carbonyl (C=O) groups excluding carboxylic acids is 1. The van der Waals surface area contributed by atoms with Crippen molar-refractivity contribution in [3.8, 4) is 0 Å². The molecule has 0 saturated heterocycles. The molecule has 0 radical (unpaired) electrons. The largest absolute Gasteiger partial charge is 0.334 e. The van der Waals surface area contributed by atoms with Gasteiger partial charge in [-0.25, -0.2) is 4.39 Å². The van der Waals surface area contributed by atoms with Gasteiger partial charge < -0.3 is 4.90 Å². The lowest BCUT2D eigenvalue weighted by Gasteiger charge is -2.23. The van der Waals surface area contributed by atoms with Crippen LogP contribution in [0.5, 0.6) is 0 Å². The molecule has 110 valence electrons. The molecule has 1 amide bonds. The zero-order valence-corrected chi connectivity index (χ0v) is 13.4. The first-order valence-electron chi connectivity index (χ1n) is 6.90. The number of halogens is 2. The van der Waals surface area contributed by atoms with Crippen LogP contribution in [0, 0.1) is 5.82 Å². The van der Waals surface area contributed by atoms with Crippen molar-refractivity contribution in [2.24, 2.45) is 0 Å². The molecule has 2 rings (SSSR count). The number of hydrogen-bond acceptors (Lipinski definition) is 1. The molecule has 0 aliphatic heterocycles. The van der Waals surface area contributed by atoms with Gasteiger partial charge >= 0.3 is 0 Å². The van der Waals surface area contributed by atoms with Gasteiger partial charge in [-0.05, 0) is 46.1 Å². The monoisotopic (exact) mass is 349 g/mol. The predicted molar refractivity (Wildman–Crippen MR) is 85.6 cm³/mol. The van der Waals surface area contributed by atoms with Crippen LogP contribution < -0.4 is 0 Å². The normalized spacial score (nSPS) is 10.4. The molecule has 2 aromatic rings. The Morgan fingerprint density at radius 1 is 1.19 bits per heavy atom. The highest BCUT2D eigenvalue weighted by molar-refractivity contribution is 9.10. The lowest BCUT2D eigenvalue weighted by atomic mass is 10.1. The van der Waals surface area contributed by atoms with Crippen LogP contribution in [0.2, 0.25) is 0 Å². The molecule has 0 spiro atoms. The standard InChI is InChI=1S/C17H17BrFNO/c1-2-10-20(12-13-6-4-3-5-7-13)17(21)15-11-14(19)8-9-16(15)18/h3-9,11H,2,10,12H2,1H3. The van der Waals surface area contributed by atoms with E-state index in [1.165, 1.54) is 12.1 Å². The highest BCUT2D eigenvalue weighted by Gasteiger charge is 2.18. The van der Waals surface area contributed by atoms with Gasteiger partial charge in [0, 0.05) is 17.6 Å². The maximum atomic E-state index is 13.4. The van der Waals surface area contributed by atoms with Crippen LogP contribution in [-0.2, 0) is 6.54 Å². The summed E-state index contributed by atoms with van der Waals surface area (Å²) in [5.74, 6) is -0.565. The molecule has 21 heavy (non-hydrogen) atoms. The Hall–Kier alpha value is -1.68. The predicted octanol–water partition coefficient (Wildman–Crippen LogP) is 4.64. The van der Waals surface area contributed by atoms with Crippen molar-refractivity contribution in [2.75, 3.05) is 6.54 Å². The van der Waals surface area contributed by atoms with Crippen LogP contribution >= 0.6 is 15.9 Å². The third-order valence-corrected chi connectivity index (χ3v) is 3.85. The summed E-state index contributed by atoms with van der Waals surface area (Å²) in [6.07, 6.45) is 0.853. The number of amides is 1. The van der Waals surface area contributed by atoms with Gasteiger partial charge in [0.05, 0.1) is 5.56 Å². The summed E-state index contributed by atoms with van der Waals surface area (Å²) in [5.41, 5.74) is 1.42. The van der Waals surface area contributed by atoms with Gasteiger partial charge in [0.15, 0.2) is 0 Å². The van der Waals surface area contributed by atoms with E-state index in [-0.39, 0.29) is 5.91 Å². The highest BCUT2D eigenvalue weighted by atomic mass is 79.9. The summed E-state index contributed by atoms with van der Waals surface area (Å²) < 4.78 is 14.0. The van der Waals surface area contributed by atoms with Gasteiger partial charge in [-0.1, -0.05) is 37.3 Å². The van der Waals surface area contributed by atoms with Crippen molar-refractivity contribution in [2.45, 2.75) is 19.9 Å². The van der Waals surface area contributed by atoms with Crippen LogP contribution in [0.15, 0.2) is 53.0 Å². The molecule has 2 nitrogen and oxygen atoms in total. The summed E-state index contributed by atoms with van der Waals surface area (Å²) in [6.45, 7) is 3.18. The number of carbonyl (C=O) groups is 1. The second-order valence-electron chi connectivity index (χ2n) is 4.84. The average Bonchev–Trinajstić information content (AvgIpc) is 2.49. The molecule has 0 aliphatic rings. The average molecular weight is 350 g/mol. The quantitative estimate of drug-likeness (QED) is 0.769. The van der Waals surface area contributed by atoms with Gasteiger partial charge in [-0.3, -0.25) is 4.79 Å². The molecule has 0 aliphatic carbocycles. The molecule has 0 atom stereocenters. The van der Waals surface area contributed by atoms with Gasteiger partial charge in [0.25, 0.3) is 5.91 Å². The summed E-state index contributed by atoms with van der Waals surface area (Å²) in [5, 5.41) is 0. The zero-order valence-electron chi connectivity index (χ0n) is 11.9. The second-order valence-corrected chi connectivity index (χ2v) is 5.69. The summed E-state index contributed by atoms with van der Waals surface area (Å²) in [6, 6.07) is 14.0. The zero-order chi connectivity index (χ0) is 15.2. The van der Waals surface area contributed by atoms with Crippen LogP contribution in [-0.4, -0.2) is 17.4 Å². The van der Waals surface area contributed by atoms with Crippen LogP contribution in [0.4, 0.5) is 4.39 Å². The van der Waals surface area contributed by atoms with Gasteiger partial charge in [-0.2, -0.15) is 0 Å². The number of hydrogen-bond donors (Lipinski definition) is 0. The van der Waals surface area contributed by atoms with Gasteiger partial charge in [-0.15, -0.1) is 0 Å². The van der Waals surface area contributed by atoms with E-state index in [4.69, 9.17) is 0 Å². The van der Waals surface area contributed by atoms with E-state index in [1.54, 1.807) is 11.0 Å². The first-order valence-corrected chi connectivity index (χ1v) is 7.69. The molecule has 0 bridgehead atoms. The van der Waals surface area contributed by atoms with Crippen molar-refractivity contribution in [1.29, 1.82) is 0 Å². The third-order valence-electron chi connectivity index (χ3n) is 3.16. The van der Waals surface area contributed by atoms with Gasteiger partial charge in [0.2, 0.25) is 0 Å². The van der Waals surface area contributed by atoms with E-state index in [1.807, 2.05) is 37.3 Å². The molecule has 2 aromatic carbocycles. The molecule has 0 saturated carbocycles. The Morgan fingerprint density at radius 2 is 1.90 bits per heavy atom. The Bertz CT molecular complexity index is 615. The Labute approximate surface area is 132 Å². The van der Waals surface area contributed by atoms with Crippen molar-refractivity contribution in [1.82, 2.24) is 4.90 Å². The molecule has 0 heterocycles. The van der Waals surface area contributed by atoms with E-state index < -0.39 is 5.82 Å². The molecular weight excluding hydrogens is 333 g/mol. The lowest BCUT2D eigenvalue weighted by Crippen LogP contribution is -2.31. The highest BCUT2D eigenvalue weighted by Crippen LogP contribution is 2.21. The van der Waals surface area contributed by atoms with E-state index in [0.717, 1.165) is 12.0 Å². The number of rotatable bonds is 5. The Balaban J connectivity index is 2.25. The van der Waals surface area contributed by atoms with Crippen molar-refractivity contribution < 1.29 is 9.18 Å². The Kier molecular flexibility index (Phi) is 5.51. The van der Waals surface area contributed by atoms with Crippen molar-refractivity contribution >= 4 is 21.8 Å². The van der Waals surface area contributed by atoms with E-state index in [0.29, 0.717) is 23.1 Å². The minimum Gasteiger partial charge on any atom is -0.334 e. The smallest absolute Gasteiger partial charge is 0.255 e. The topological polar surface area (TPSA) is 20.3 Å². The Morgan fingerprint density at radius 3 is 2.57 bits per heavy atom. The number of benzene rings is 2. The molecule has 0 aromatic heterocycles. The minimum atomic E-state index is -0.405. The maximum Gasteiger partial charge on any atom is 0.255 e. The fraction of sp³-hybridized carbons (Fsp3) is 0.235. The van der Waals surface area contributed by atoms with Crippen molar-refractivity contribution in [3.05, 3.63) is 69.9 Å². The SMILES string of the molecule is CCCN(Cc1ccccc1)C(=O)c1cc(F)ccc1Br. The first-order chi connectivity index (χ1) is 10.1. The molecule has 0 unspecified atom stereocenters. The minimum absolute atomic E-state index is 0.160. The summed E-state index contributed by atoms with van der Waals surface area (Å²) in [7, 11) is 0. The van der Waals surface area contributed by atoms with E-state index in [2.05, 4.69) is 15.9 Å². The molecular formula is C17H17BrFNO. The van der Waals surface area contributed by atoms with Crippen LogP contribution in [0.1, 0.15) is 29.3 Å². The lowest BCUT2D eigenvalue weighted by molar-refractivity contribution is 0.0741. The van der Waals surface area contributed by atoms with E-state index in [9.17, 15) is 9.18 Å².